The molecule has 3 nitrogen and oxygen atoms in total. The van der Waals surface area contributed by atoms with Crippen molar-refractivity contribution in [2.75, 3.05) is 0 Å². The molecule has 0 saturated carbocycles. The summed E-state index contributed by atoms with van der Waals surface area (Å²) in [6.07, 6.45) is 5.17. The van der Waals surface area contributed by atoms with Gasteiger partial charge in [0.05, 0.1) is 0 Å². The molecule has 0 amide bonds. The van der Waals surface area contributed by atoms with Crippen LogP contribution in [0, 0.1) is 2.44 Å². The monoisotopic (exact) mass is 651 g/mol. The molecule has 2 aromatic carbocycles. The van der Waals surface area contributed by atoms with Crippen LogP contribution in [0.3, 0.4) is 0 Å². The predicted molar refractivity (Wildman–Crippen MR) is 138 cm³/mol. The average Bonchev–Trinajstić information content (AvgIpc) is 3.07. The Morgan fingerprint density at radius 2 is 1.90 bits per heavy atom. The number of ketones is 1. The summed E-state index contributed by atoms with van der Waals surface area (Å²) in [7, 11) is -2.59. The summed E-state index contributed by atoms with van der Waals surface area (Å²) in [6.45, 7) is 2.27. The van der Waals surface area contributed by atoms with Crippen molar-refractivity contribution < 1.29 is 9.90 Å². The van der Waals surface area contributed by atoms with Crippen molar-refractivity contribution >= 4 is 88.7 Å². The molecule has 0 saturated heterocycles. The zero-order chi connectivity index (χ0) is 21.0. The van der Waals surface area contributed by atoms with Crippen LogP contribution in [0.2, 0.25) is 6.55 Å². The summed E-state index contributed by atoms with van der Waals surface area (Å²) in [5.74, 6) is 0.270. The van der Waals surface area contributed by atoms with E-state index < -0.39 is 8.07 Å². The average molecular weight is 651 g/mol. The molecular weight excluding hydrogens is 636 g/mol. The number of phenolic OH excluding ortho intramolecular Hbond substituents is 1. The van der Waals surface area contributed by atoms with Gasteiger partial charge < -0.3 is 0 Å². The van der Waals surface area contributed by atoms with Gasteiger partial charge in [0.2, 0.25) is 0 Å². The predicted octanol–water partition coefficient (Wildman–Crippen LogP) is 4.37. The van der Waals surface area contributed by atoms with Crippen molar-refractivity contribution in [1.29, 1.82) is 0 Å². The number of aromatic hydroxyl groups is 1. The number of aliphatic imine (C=N–C) groups is 1. The minimum absolute atomic E-state index is 0.00739. The van der Waals surface area contributed by atoms with Gasteiger partial charge in [-0.05, 0) is 0 Å². The van der Waals surface area contributed by atoms with Crippen molar-refractivity contribution in [2.45, 2.75) is 6.55 Å². The third-order valence-corrected chi connectivity index (χ3v) is 15.8. The first-order chi connectivity index (χ1) is 14.4. The minimum atomic E-state index is -2.59. The quantitative estimate of drug-likeness (QED) is 0.255. The van der Waals surface area contributed by atoms with Gasteiger partial charge in [0, 0.05) is 0 Å². The van der Waals surface area contributed by atoms with Crippen molar-refractivity contribution in [3.63, 3.8) is 0 Å². The molecule has 5 rings (SSSR count). The zero-order valence-electron chi connectivity index (χ0n) is 15.8. The number of hydrogen-bond acceptors (Lipinski definition) is 3. The molecule has 0 radical (unpaired) electrons. The fourth-order valence-corrected chi connectivity index (χ4v) is 12.8. The Morgan fingerprint density at radius 1 is 1.13 bits per heavy atom. The number of phenols is 1. The number of carbonyl (C=O) groups excluding carboxylic acids is 1. The van der Waals surface area contributed by atoms with Gasteiger partial charge in [-0.15, -0.1) is 0 Å². The van der Waals surface area contributed by atoms with Gasteiger partial charge in [-0.2, -0.15) is 0 Å². The maximum atomic E-state index is 12.4. The number of benzene rings is 2. The van der Waals surface area contributed by atoms with Crippen molar-refractivity contribution in [2.24, 2.45) is 4.99 Å². The van der Waals surface area contributed by atoms with E-state index in [0.717, 1.165) is 36.3 Å². The van der Waals surface area contributed by atoms with E-state index in [-0.39, 0.29) is 26.0 Å². The second-order valence-electron chi connectivity index (χ2n) is 7.37. The van der Waals surface area contributed by atoms with Crippen LogP contribution in [-0.2, 0) is 4.79 Å². The van der Waals surface area contributed by atoms with Gasteiger partial charge in [-0.3, -0.25) is 0 Å². The Balaban J connectivity index is 1.92. The zero-order valence-corrected chi connectivity index (χ0v) is 22.3. The third kappa shape index (κ3) is 3.10. The molecule has 1 aromatic heterocycles. The summed E-state index contributed by atoms with van der Waals surface area (Å²) in [5, 5.41) is 14.3. The van der Waals surface area contributed by atoms with Gasteiger partial charge in [0.1, 0.15) is 0 Å². The molecule has 1 atom stereocenters. The molecule has 0 fully saturated rings. The first-order valence-electron chi connectivity index (χ1n) is 9.30. The van der Waals surface area contributed by atoms with Crippen LogP contribution in [-0.4, -0.2) is 39.2 Å². The van der Waals surface area contributed by atoms with Crippen LogP contribution in [0.1, 0.15) is 0 Å². The molecule has 30 heavy (non-hydrogen) atoms. The van der Waals surface area contributed by atoms with E-state index in [2.05, 4.69) is 63.3 Å². The van der Waals surface area contributed by atoms with E-state index in [1.807, 2.05) is 30.3 Å². The van der Waals surface area contributed by atoms with Crippen LogP contribution in [0.15, 0.2) is 81.4 Å². The van der Waals surface area contributed by atoms with Crippen LogP contribution in [0.4, 0.5) is 5.69 Å². The van der Waals surface area contributed by atoms with Gasteiger partial charge in [0.25, 0.3) is 0 Å². The fraction of sp³-hybridized carbons (Fsp3) is 0.0435. The summed E-state index contributed by atoms with van der Waals surface area (Å²) in [6, 6.07) is 16.2. The standard InChI is InChI=1S/C23H15BrINO2SeSi/c1-30(14-5-3-2-4-6-14)20-11-13(27)7-8-16(20)26-17-9-10-18(28)21(22(17)30)19-12-15(24)23(25)29-19/h2-12,28H,1H3. The van der Waals surface area contributed by atoms with Crippen LogP contribution in [0.5, 0.6) is 5.75 Å². The van der Waals surface area contributed by atoms with E-state index in [9.17, 15) is 9.90 Å². The second kappa shape index (κ2) is 7.57. The number of rotatable bonds is 2. The van der Waals surface area contributed by atoms with Gasteiger partial charge >= 0.3 is 205 Å². The molecule has 1 aliphatic heterocycles. The van der Waals surface area contributed by atoms with E-state index in [1.54, 1.807) is 18.2 Å². The third-order valence-electron chi connectivity index (χ3n) is 5.65. The molecule has 1 unspecified atom stereocenters. The van der Waals surface area contributed by atoms with Crippen molar-refractivity contribution in [3.05, 3.63) is 78.9 Å². The van der Waals surface area contributed by atoms with Crippen molar-refractivity contribution in [3.8, 4) is 15.8 Å². The van der Waals surface area contributed by atoms with E-state index in [0.29, 0.717) is 0 Å². The number of carbonyl (C=O) groups is 1. The topological polar surface area (TPSA) is 49.7 Å². The molecule has 0 spiro atoms. The van der Waals surface area contributed by atoms with E-state index in [1.165, 1.54) is 7.63 Å². The first-order valence-corrected chi connectivity index (χ1v) is 15.4. The Morgan fingerprint density at radius 3 is 2.60 bits per heavy atom. The number of halogens is 2. The van der Waals surface area contributed by atoms with Crippen LogP contribution >= 0.6 is 38.5 Å². The van der Waals surface area contributed by atoms with Crippen LogP contribution in [0.25, 0.3) is 10.0 Å². The Labute approximate surface area is 203 Å². The Kier molecular flexibility index (Phi) is 5.14. The Hall–Kier alpha value is -1.51. The molecule has 2 aliphatic rings. The van der Waals surface area contributed by atoms with E-state index >= 15 is 0 Å². The molecule has 148 valence electrons. The van der Waals surface area contributed by atoms with Crippen molar-refractivity contribution in [1.82, 2.24) is 0 Å². The Bertz CT molecular complexity index is 1290. The summed E-state index contributed by atoms with van der Waals surface area (Å²) in [5.41, 5.74) is 2.64. The number of hydrogen-bond donors (Lipinski definition) is 1. The molecular formula is C23H15BrINO2SeSi. The van der Waals surface area contributed by atoms with Gasteiger partial charge in [0.15, 0.2) is 0 Å². The molecule has 2 heterocycles. The van der Waals surface area contributed by atoms with Gasteiger partial charge in [-0.1, -0.05) is 0 Å². The molecule has 3 aromatic rings. The SMILES string of the molecule is C[Si]1(c2ccccc2)C2=CC(=O)C=CC2=Nc2ccc(O)c(-c3cc(Br)c(I)[se]3)c21. The van der Waals surface area contributed by atoms with E-state index in [4.69, 9.17) is 4.99 Å². The molecule has 1 aliphatic carbocycles. The molecule has 7 heteroatoms. The van der Waals surface area contributed by atoms with Gasteiger partial charge in [-0.25, -0.2) is 0 Å². The number of fused-ring (bicyclic) bond motifs is 2. The normalized spacial score (nSPS) is 19.8. The number of nitrogens with zero attached hydrogens (tertiary/aromatic N) is 1. The summed E-state index contributed by atoms with van der Waals surface area (Å²) in [4.78, 5) is 17.3. The summed E-state index contributed by atoms with van der Waals surface area (Å²) < 4.78 is 3.48. The fourth-order valence-electron chi connectivity index (χ4n) is 4.25. The first kappa shape index (κ1) is 20.4. The number of allylic oxidation sites excluding steroid dienone is 4. The summed E-state index contributed by atoms with van der Waals surface area (Å²) >= 11 is 6.12. The maximum absolute atomic E-state index is 12.4. The molecule has 1 N–H and O–H groups in total. The van der Waals surface area contributed by atoms with Crippen LogP contribution < -0.4 is 10.4 Å². The second-order valence-corrected chi connectivity index (χ2v) is 17.0. The molecule has 0 bridgehead atoms.